The zero-order valence-corrected chi connectivity index (χ0v) is 14.1. The molecule has 1 aromatic heterocycles. The van der Waals surface area contributed by atoms with Crippen molar-refractivity contribution in [2.75, 3.05) is 14.2 Å². The van der Waals surface area contributed by atoms with E-state index in [0.29, 0.717) is 6.04 Å². The first kappa shape index (κ1) is 14.7. The number of methoxy groups -OCH3 is 1. The average molecular weight is 349 g/mol. The van der Waals surface area contributed by atoms with E-state index >= 15 is 0 Å². The third-order valence-corrected chi connectivity index (χ3v) is 4.63. The predicted octanol–water partition coefficient (Wildman–Crippen LogP) is 3.98. The number of nitrogens with zero attached hydrogens (tertiary/aromatic N) is 1. The largest absolute Gasteiger partial charge is 0.496 e. The van der Waals surface area contributed by atoms with E-state index in [0.717, 1.165) is 22.7 Å². The lowest BCUT2D eigenvalue weighted by atomic mass is 10.1. The zero-order chi connectivity index (χ0) is 14.8. The normalized spacial score (nSPS) is 16.0. The van der Waals surface area contributed by atoms with Gasteiger partial charge in [0.05, 0.1) is 13.7 Å². The van der Waals surface area contributed by atoms with Gasteiger partial charge in [-0.25, -0.2) is 0 Å². The van der Waals surface area contributed by atoms with Crippen LogP contribution in [0.15, 0.2) is 41.1 Å². The number of hydrogen-bond acceptors (Lipinski definition) is 2. The minimum Gasteiger partial charge on any atom is -0.496 e. The molecule has 3 nitrogen and oxygen atoms in total. The van der Waals surface area contributed by atoms with Gasteiger partial charge in [-0.15, -0.1) is 0 Å². The highest BCUT2D eigenvalue weighted by atomic mass is 79.9. The molecule has 0 bridgehead atoms. The molecule has 21 heavy (non-hydrogen) atoms. The van der Waals surface area contributed by atoms with Crippen LogP contribution in [0.25, 0.3) is 0 Å². The molecule has 0 radical (unpaired) electrons. The fraction of sp³-hybridized carbons (Fsp3) is 0.412. The molecule has 0 aliphatic heterocycles. The first-order valence-electron chi connectivity index (χ1n) is 7.36. The summed E-state index contributed by atoms with van der Waals surface area (Å²) >= 11 is 3.53. The summed E-state index contributed by atoms with van der Waals surface area (Å²) in [4.78, 5) is 0. The van der Waals surface area contributed by atoms with Crippen LogP contribution < -0.4 is 10.1 Å². The van der Waals surface area contributed by atoms with Crippen LogP contribution in [-0.2, 0) is 6.54 Å². The lowest BCUT2D eigenvalue weighted by molar-refractivity contribution is 0.408. The fourth-order valence-electron chi connectivity index (χ4n) is 2.91. The predicted molar refractivity (Wildman–Crippen MR) is 88.8 cm³/mol. The maximum Gasteiger partial charge on any atom is 0.123 e. The van der Waals surface area contributed by atoms with Crippen molar-refractivity contribution in [2.45, 2.75) is 25.4 Å². The van der Waals surface area contributed by atoms with E-state index in [9.17, 15) is 0 Å². The van der Waals surface area contributed by atoms with Crippen LogP contribution in [0.1, 0.15) is 30.0 Å². The second-order valence-corrected chi connectivity index (χ2v) is 6.59. The number of ether oxygens (including phenoxy) is 1. The van der Waals surface area contributed by atoms with Crippen LogP contribution in [0.3, 0.4) is 0 Å². The topological polar surface area (TPSA) is 26.2 Å². The van der Waals surface area contributed by atoms with Crippen LogP contribution in [0, 0.1) is 5.92 Å². The van der Waals surface area contributed by atoms with E-state index in [1.807, 2.05) is 12.1 Å². The van der Waals surface area contributed by atoms with Gasteiger partial charge in [-0.1, -0.05) is 15.9 Å². The van der Waals surface area contributed by atoms with Gasteiger partial charge < -0.3 is 14.6 Å². The van der Waals surface area contributed by atoms with E-state index in [2.05, 4.69) is 57.4 Å². The molecule has 3 rings (SSSR count). The molecule has 0 saturated heterocycles. The number of halogens is 1. The minimum absolute atomic E-state index is 0.496. The Bertz CT molecular complexity index is 619. The highest BCUT2D eigenvalue weighted by molar-refractivity contribution is 9.10. The smallest absolute Gasteiger partial charge is 0.123 e. The van der Waals surface area contributed by atoms with Crippen LogP contribution in [0.5, 0.6) is 5.75 Å². The molecule has 1 unspecified atom stereocenters. The summed E-state index contributed by atoms with van der Waals surface area (Å²) in [6.45, 7) is 0.823. The summed E-state index contributed by atoms with van der Waals surface area (Å²) in [7, 11) is 3.77. The highest BCUT2D eigenvalue weighted by Gasteiger charge is 2.31. The van der Waals surface area contributed by atoms with E-state index in [1.54, 1.807) is 7.11 Å². The molecular weight excluding hydrogens is 328 g/mol. The third-order valence-electron chi connectivity index (χ3n) is 4.13. The molecule has 1 N–H and O–H groups in total. The number of aromatic nitrogens is 1. The lowest BCUT2D eigenvalue weighted by Crippen LogP contribution is -2.17. The van der Waals surface area contributed by atoms with Gasteiger partial charge in [-0.05, 0) is 55.6 Å². The zero-order valence-electron chi connectivity index (χ0n) is 12.5. The number of hydrogen-bond donors (Lipinski definition) is 1. The van der Waals surface area contributed by atoms with E-state index in [4.69, 9.17) is 4.74 Å². The Labute approximate surface area is 134 Å². The van der Waals surface area contributed by atoms with Crippen LogP contribution in [0.4, 0.5) is 0 Å². The molecule has 2 aromatic rings. The number of rotatable bonds is 6. The molecular formula is C17H21BrN2O. The number of nitrogens with one attached hydrogen (secondary N) is 1. The summed E-state index contributed by atoms with van der Waals surface area (Å²) in [5.74, 6) is 1.74. The Morgan fingerprint density at radius 3 is 2.86 bits per heavy atom. The Hall–Kier alpha value is -1.26. The van der Waals surface area contributed by atoms with E-state index in [-0.39, 0.29) is 0 Å². The van der Waals surface area contributed by atoms with Gasteiger partial charge in [0.15, 0.2) is 0 Å². The first-order valence-corrected chi connectivity index (χ1v) is 8.16. The van der Waals surface area contributed by atoms with Gasteiger partial charge in [0.1, 0.15) is 5.75 Å². The molecule has 1 aromatic carbocycles. The van der Waals surface area contributed by atoms with Crippen molar-refractivity contribution in [1.82, 2.24) is 9.88 Å². The van der Waals surface area contributed by atoms with E-state index < -0.39 is 0 Å². The Kier molecular flexibility index (Phi) is 4.36. The SMILES string of the molecule is CNC(c1ccn(Cc2cc(Br)ccc2OC)c1)C1CC1. The van der Waals surface area contributed by atoms with Crippen molar-refractivity contribution in [1.29, 1.82) is 0 Å². The summed E-state index contributed by atoms with van der Waals surface area (Å²) in [5.41, 5.74) is 2.57. The second kappa shape index (κ2) is 6.24. The van der Waals surface area contributed by atoms with Gasteiger partial charge in [-0.2, -0.15) is 0 Å². The Morgan fingerprint density at radius 1 is 1.38 bits per heavy atom. The maximum absolute atomic E-state index is 5.45. The second-order valence-electron chi connectivity index (χ2n) is 5.68. The molecule has 4 heteroatoms. The molecule has 112 valence electrons. The van der Waals surface area contributed by atoms with Crippen molar-refractivity contribution >= 4 is 15.9 Å². The molecule has 1 heterocycles. The first-order chi connectivity index (χ1) is 10.2. The lowest BCUT2D eigenvalue weighted by Gasteiger charge is -2.13. The fourth-order valence-corrected chi connectivity index (χ4v) is 3.32. The Balaban J connectivity index is 1.79. The molecule has 0 spiro atoms. The molecule has 1 aliphatic rings. The van der Waals surface area contributed by atoms with Crippen molar-refractivity contribution in [3.63, 3.8) is 0 Å². The highest BCUT2D eigenvalue weighted by Crippen LogP contribution is 2.40. The standard InChI is InChI=1S/C17H21BrN2O/c1-19-17(12-3-4-12)13-7-8-20(10-13)11-14-9-15(18)5-6-16(14)21-2/h5-10,12,17,19H,3-4,11H2,1-2H3. The molecule has 1 atom stereocenters. The quantitative estimate of drug-likeness (QED) is 0.854. The minimum atomic E-state index is 0.496. The molecule has 1 fully saturated rings. The molecule has 1 aliphatic carbocycles. The third kappa shape index (κ3) is 3.33. The summed E-state index contributed by atoms with van der Waals surface area (Å²) in [5, 5.41) is 3.44. The summed E-state index contributed by atoms with van der Waals surface area (Å²) in [6, 6.07) is 8.85. The van der Waals surface area contributed by atoms with Gasteiger partial charge in [-0.3, -0.25) is 0 Å². The van der Waals surface area contributed by atoms with Crippen molar-refractivity contribution in [3.8, 4) is 5.75 Å². The van der Waals surface area contributed by atoms with Crippen LogP contribution >= 0.6 is 15.9 Å². The Morgan fingerprint density at radius 2 is 2.19 bits per heavy atom. The monoisotopic (exact) mass is 348 g/mol. The number of benzene rings is 1. The van der Waals surface area contributed by atoms with Crippen molar-refractivity contribution < 1.29 is 4.74 Å². The average Bonchev–Trinajstić information content (AvgIpc) is 3.20. The van der Waals surface area contributed by atoms with Gasteiger partial charge in [0, 0.05) is 28.5 Å². The summed E-state index contributed by atoms with van der Waals surface area (Å²) in [6.07, 6.45) is 7.09. The van der Waals surface area contributed by atoms with Crippen LogP contribution in [-0.4, -0.2) is 18.7 Å². The van der Waals surface area contributed by atoms with Gasteiger partial charge in [0.2, 0.25) is 0 Å². The van der Waals surface area contributed by atoms with Gasteiger partial charge >= 0.3 is 0 Å². The summed E-state index contributed by atoms with van der Waals surface area (Å²) < 4.78 is 8.76. The van der Waals surface area contributed by atoms with Crippen LogP contribution in [0.2, 0.25) is 0 Å². The molecule has 1 saturated carbocycles. The molecule has 0 amide bonds. The van der Waals surface area contributed by atoms with Gasteiger partial charge in [0.25, 0.3) is 0 Å². The maximum atomic E-state index is 5.45. The van der Waals surface area contributed by atoms with E-state index in [1.165, 1.54) is 24.0 Å². The van der Waals surface area contributed by atoms with Crippen molar-refractivity contribution in [2.24, 2.45) is 5.92 Å². The van der Waals surface area contributed by atoms with Crippen molar-refractivity contribution in [3.05, 3.63) is 52.3 Å².